The Morgan fingerprint density at radius 2 is 2.00 bits per heavy atom. The van der Waals surface area contributed by atoms with Crippen LogP contribution in [-0.4, -0.2) is 29.9 Å². The number of unbranched alkanes of at least 4 members (excludes halogenated alkanes) is 1. The van der Waals surface area contributed by atoms with Crippen molar-refractivity contribution in [1.29, 1.82) is 0 Å². The van der Waals surface area contributed by atoms with Crippen LogP contribution in [0.5, 0.6) is 0 Å². The van der Waals surface area contributed by atoms with Crippen molar-refractivity contribution in [3.63, 3.8) is 0 Å². The highest BCUT2D eigenvalue weighted by Gasteiger charge is 2.04. The molecule has 0 spiro atoms. The van der Waals surface area contributed by atoms with Crippen molar-refractivity contribution in [2.24, 2.45) is 21.0 Å². The average Bonchev–Trinajstić information content (AvgIpc) is 2.18. The van der Waals surface area contributed by atoms with Crippen molar-refractivity contribution < 1.29 is 0 Å². The van der Waals surface area contributed by atoms with Gasteiger partial charge < -0.3 is 16.4 Å². The van der Waals surface area contributed by atoms with Gasteiger partial charge in [-0.3, -0.25) is 0 Å². The van der Waals surface area contributed by atoms with Crippen molar-refractivity contribution in [2.75, 3.05) is 13.1 Å². The van der Waals surface area contributed by atoms with Crippen LogP contribution in [-0.2, 0) is 0 Å². The second-order valence-electron chi connectivity index (χ2n) is 2.85. The highest BCUT2D eigenvalue weighted by Crippen LogP contribution is 1.94. The van der Waals surface area contributed by atoms with Gasteiger partial charge in [0, 0.05) is 24.9 Å². The molecule has 6 heteroatoms. The summed E-state index contributed by atoms with van der Waals surface area (Å²) in [6.45, 7) is 5.80. The molecular weight excluding hydrogens is 202 g/mol. The average molecular weight is 220 g/mol. The Hall–Kier alpha value is -0.970. The molecule has 0 heterocycles. The minimum Gasteiger partial charge on any atom is -0.369 e. The molecule has 0 radical (unpaired) electrons. The first-order valence-corrected chi connectivity index (χ1v) is 5.03. The van der Waals surface area contributed by atoms with E-state index in [-0.39, 0.29) is 5.96 Å². The van der Waals surface area contributed by atoms with Crippen LogP contribution in [0.25, 0.3) is 0 Å². The van der Waals surface area contributed by atoms with Crippen molar-refractivity contribution in [1.82, 2.24) is 4.90 Å². The Balaban J connectivity index is 4.29. The zero-order chi connectivity index (χ0) is 11.0. The second-order valence-corrected chi connectivity index (χ2v) is 3.01. The maximum absolute atomic E-state index is 5.70. The van der Waals surface area contributed by atoms with Gasteiger partial charge in [0.25, 0.3) is 0 Å². The van der Waals surface area contributed by atoms with Gasteiger partial charge in [0.1, 0.15) is 0 Å². The minimum atomic E-state index is -0.0147. The largest absolute Gasteiger partial charge is 0.369 e. The van der Waals surface area contributed by atoms with Gasteiger partial charge in [-0.15, -0.1) is 4.51 Å². The third-order valence-corrected chi connectivity index (χ3v) is 1.98. The van der Waals surface area contributed by atoms with Crippen LogP contribution in [0.15, 0.2) is 9.50 Å². The van der Waals surface area contributed by atoms with Crippen LogP contribution < -0.4 is 11.5 Å². The van der Waals surface area contributed by atoms with Gasteiger partial charge in [0.15, 0.2) is 5.96 Å². The molecular formula is C8H18ClN5. The fourth-order valence-electron chi connectivity index (χ4n) is 0.991. The number of aliphatic imine (C=N–C) groups is 1. The summed E-state index contributed by atoms with van der Waals surface area (Å²) in [6.07, 6.45) is 2.19. The summed E-state index contributed by atoms with van der Waals surface area (Å²) in [4.78, 5) is 5.76. The highest BCUT2D eigenvalue weighted by atomic mass is 35.5. The van der Waals surface area contributed by atoms with E-state index in [1.165, 1.54) is 0 Å². The van der Waals surface area contributed by atoms with Crippen LogP contribution in [0.4, 0.5) is 0 Å². The number of rotatable bonds is 4. The molecule has 0 unspecified atom stereocenters. The lowest BCUT2D eigenvalue weighted by molar-refractivity contribution is 0.424. The summed E-state index contributed by atoms with van der Waals surface area (Å²) in [5.41, 5.74) is 11.0. The number of halogens is 1. The zero-order valence-electron chi connectivity index (χ0n) is 8.70. The summed E-state index contributed by atoms with van der Waals surface area (Å²) >= 11 is 5.13. The number of guanidine groups is 2. The first-order chi connectivity index (χ1) is 6.65. The van der Waals surface area contributed by atoms with E-state index in [4.69, 9.17) is 23.2 Å². The zero-order valence-corrected chi connectivity index (χ0v) is 9.46. The lowest BCUT2D eigenvalue weighted by atomic mass is 10.3. The van der Waals surface area contributed by atoms with Crippen LogP contribution in [0.2, 0.25) is 0 Å². The maximum Gasteiger partial charge on any atom is 0.235 e. The van der Waals surface area contributed by atoms with Gasteiger partial charge in [0.2, 0.25) is 5.96 Å². The molecule has 0 atom stereocenters. The van der Waals surface area contributed by atoms with Crippen LogP contribution >= 0.6 is 11.8 Å². The van der Waals surface area contributed by atoms with Crippen molar-refractivity contribution in [3.05, 3.63) is 0 Å². The van der Waals surface area contributed by atoms with Crippen LogP contribution in [0.3, 0.4) is 0 Å². The SMILES string of the molecule is CCCCN(CC)C(N)=NC(N)=NCl. The molecule has 0 saturated heterocycles. The molecule has 5 nitrogen and oxygen atoms in total. The predicted molar refractivity (Wildman–Crippen MR) is 61.3 cm³/mol. The number of nitrogens with zero attached hydrogens (tertiary/aromatic N) is 3. The first-order valence-electron chi connectivity index (χ1n) is 4.69. The van der Waals surface area contributed by atoms with E-state index >= 15 is 0 Å². The normalized spacial score (nSPS) is 13.1. The fraction of sp³-hybridized carbons (Fsp3) is 0.750. The van der Waals surface area contributed by atoms with Crippen molar-refractivity contribution >= 4 is 23.7 Å². The quantitative estimate of drug-likeness (QED) is 0.545. The minimum absolute atomic E-state index is 0.0147. The van der Waals surface area contributed by atoms with E-state index in [0.717, 1.165) is 25.9 Å². The Labute approximate surface area is 89.9 Å². The van der Waals surface area contributed by atoms with E-state index in [1.807, 2.05) is 11.8 Å². The van der Waals surface area contributed by atoms with Gasteiger partial charge in [0.05, 0.1) is 0 Å². The highest BCUT2D eigenvalue weighted by molar-refractivity contribution is 6.20. The van der Waals surface area contributed by atoms with E-state index in [9.17, 15) is 0 Å². The Morgan fingerprint density at radius 1 is 1.36 bits per heavy atom. The molecule has 0 aliphatic carbocycles. The van der Waals surface area contributed by atoms with Gasteiger partial charge in [-0.05, 0) is 13.3 Å². The molecule has 0 bridgehead atoms. The van der Waals surface area contributed by atoms with Crippen LogP contribution in [0, 0.1) is 0 Å². The molecule has 0 fully saturated rings. The first kappa shape index (κ1) is 13.0. The van der Waals surface area contributed by atoms with Gasteiger partial charge >= 0.3 is 0 Å². The molecule has 4 N–H and O–H groups in total. The lowest BCUT2D eigenvalue weighted by Crippen LogP contribution is -2.39. The molecule has 0 amide bonds. The molecule has 0 aromatic rings. The maximum atomic E-state index is 5.70. The summed E-state index contributed by atoms with van der Waals surface area (Å²) in [5.74, 6) is 0.349. The monoisotopic (exact) mass is 219 g/mol. The topological polar surface area (TPSA) is 80.0 Å². The Kier molecular flexibility index (Phi) is 6.92. The fourth-order valence-corrected chi connectivity index (χ4v) is 1.03. The summed E-state index contributed by atoms with van der Waals surface area (Å²) in [6, 6.07) is 0. The van der Waals surface area contributed by atoms with E-state index < -0.39 is 0 Å². The molecule has 0 saturated carbocycles. The van der Waals surface area contributed by atoms with Crippen molar-refractivity contribution in [2.45, 2.75) is 26.7 Å². The molecule has 0 aromatic heterocycles. The van der Waals surface area contributed by atoms with E-state index in [1.54, 1.807) is 0 Å². The van der Waals surface area contributed by atoms with E-state index in [0.29, 0.717) is 5.96 Å². The number of hydrogen-bond acceptors (Lipinski definition) is 1. The molecule has 0 aromatic carbocycles. The third-order valence-electron chi connectivity index (χ3n) is 1.80. The lowest BCUT2D eigenvalue weighted by Gasteiger charge is -2.20. The molecule has 82 valence electrons. The van der Waals surface area contributed by atoms with Gasteiger partial charge in [-0.25, -0.2) is 0 Å². The Bertz CT molecular complexity index is 214. The third kappa shape index (κ3) is 4.91. The molecule has 0 aliphatic rings. The van der Waals surface area contributed by atoms with Crippen LogP contribution in [0.1, 0.15) is 26.7 Å². The second kappa shape index (κ2) is 7.44. The van der Waals surface area contributed by atoms with Crippen molar-refractivity contribution in [3.8, 4) is 0 Å². The van der Waals surface area contributed by atoms with E-state index in [2.05, 4.69) is 16.4 Å². The summed E-state index contributed by atoms with van der Waals surface area (Å²) in [5, 5.41) is 0. The Morgan fingerprint density at radius 3 is 2.43 bits per heavy atom. The number of nitrogens with two attached hydrogens (primary N) is 2. The predicted octanol–water partition coefficient (Wildman–Crippen LogP) is 0.892. The summed E-state index contributed by atoms with van der Waals surface area (Å²) in [7, 11) is 0. The summed E-state index contributed by atoms with van der Waals surface area (Å²) < 4.78 is 3.20. The van der Waals surface area contributed by atoms with Gasteiger partial charge in [-0.2, -0.15) is 4.99 Å². The smallest absolute Gasteiger partial charge is 0.235 e. The van der Waals surface area contributed by atoms with Gasteiger partial charge in [-0.1, -0.05) is 13.3 Å². The molecule has 0 aliphatic heterocycles. The number of hydrogen-bond donors (Lipinski definition) is 2. The molecule has 0 rings (SSSR count). The molecule has 14 heavy (non-hydrogen) atoms. The standard InChI is InChI=1S/C8H18ClN5/c1-3-5-6-14(4-2)8(11)12-7(10)13-9/h3-6H2,1-2H3,(H4,10,11,12,13).